The summed E-state index contributed by atoms with van der Waals surface area (Å²) in [6.45, 7) is 4.39. The molecular formula is C13H20N2O. The maximum absolute atomic E-state index is 5.99. The Morgan fingerprint density at radius 3 is 2.94 bits per heavy atom. The first-order chi connectivity index (χ1) is 7.70. The normalized spacial score (nSPS) is 21.2. The lowest BCUT2D eigenvalue weighted by molar-refractivity contribution is 0.260. The molecule has 1 unspecified atom stereocenters. The predicted octanol–water partition coefficient (Wildman–Crippen LogP) is 2.26. The molecule has 1 aliphatic rings. The van der Waals surface area contributed by atoms with Crippen molar-refractivity contribution in [2.24, 2.45) is 0 Å². The summed E-state index contributed by atoms with van der Waals surface area (Å²) in [7, 11) is 1.69. The minimum Gasteiger partial charge on any atom is -0.497 e. The molecule has 2 rings (SSSR count). The van der Waals surface area contributed by atoms with E-state index >= 15 is 0 Å². The molecule has 0 radical (unpaired) electrons. The van der Waals surface area contributed by atoms with Crippen LogP contribution < -0.4 is 10.5 Å². The minimum atomic E-state index is 0.672. The van der Waals surface area contributed by atoms with Crippen molar-refractivity contribution in [1.29, 1.82) is 0 Å². The quantitative estimate of drug-likeness (QED) is 0.794. The van der Waals surface area contributed by atoms with E-state index in [1.807, 2.05) is 18.2 Å². The number of nitrogen functional groups attached to an aromatic ring is 1. The van der Waals surface area contributed by atoms with Gasteiger partial charge in [0.1, 0.15) is 5.75 Å². The number of anilines is 1. The molecule has 0 amide bonds. The average molecular weight is 220 g/mol. The third kappa shape index (κ3) is 2.30. The van der Waals surface area contributed by atoms with Gasteiger partial charge in [0.2, 0.25) is 0 Å². The van der Waals surface area contributed by atoms with E-state index in [0.29, 0.717) is 6.04 Å². The van der Waals surface area contributed by atoms with Crippen molar-refractivity contribution in [3.8, 4) is 5.75 Å². The Hall–Kier alpha value is -1.22. The van der Waals surface area contributed by atoms with Crippen LogP contribution in [0.15, 0.2) is 18.2 Å². The highest BCUT2D eigenvalue weighted by Crippen LogP contribution is 2.25. The van der Waals surface area contributed by atoms with Crippen molar-refractivity contribution in [3.63, 3.8) is 0 Å². The lowest BCUT2D eigenvalue weighted by Gasteiger charge is -2.22. The molecule has 0 aliphatic carbocycles. The zero-order valence-electron chi connectivity index (χ0n) is 10.1. The number of hydrogen-bond donors (Lipinski definition) is 1. The Bertz CT molecular complexity index is 365. The average Bonchev–Trinajstić information content (AvgIpc) is 2.68. The molecule has 1 fully saturated rings. The molecule has 0 aromatic heterocycles. The number of nitrogens with zero attached hydrogens (tertiary/aromatic N) is 1. The number of ether oxygens (including phenoxy) is 1. The second-order valence-electron chi connectivity index (χ2n) is 4.53. The van der Waals surface area contributed by atoms with Gasteiger partial charge in [0, 0.05) is 18.3 Å². The highest BCUT2D eigenvalue weighted by atomic mass is 16.5. The summed E-state index contributed by atoms with van der Waals surface area (Å²) >= 11 is 0. The van der Waals surface area contributed by atoms with Crippen LogP contribution in [0.4, 0.5) is 5.69 Å². The van der Waals surface area contributed by atoms with Gasteiger partial charge in [0.05, 0.1) is 7.11 Å². The molecule has 3 nitrogen and oxygen atoms in total. The second kappa shape index (κ2) is 4.74. The lowest BCUT2D eigenvalue weighted by Crippen LogP contribution is -2.26. The number of rotatable bonds is 3. The third-order valence-corrected chi connectivity index (χ3v) is 3.41. The van der Waals surface area contributed by atoms with E-state index in [2.05, 4.69) is 11.8 Å². The number of methoxy groups -OCH3 is 1. The zero-order chi connectivity index (χ0) is 11.5. The molecule has 1 heterocycles. The van der Waals surface area contributed by atoms with Gasteiger partial charge in [-0.15, -0.1) is 0 Å². The van der Waals surface area contributed by atoms with Crippen LogP contribution >= 0.6 is 0 Å². The first-order valence-corrected chi connectivity index (χ1v) is 5.87. The van der Waals surface area contributed by atoms with Gasteiger partial charge in [0.15, 0.2) is 0 Å². The largest absolute Gasteiger partial charge is 0.497 e. The van der Waals surface area contributed by atoms with Crippen molar-refractivity contribution < 1.29 is 4.74 Å². The van der Waals surface area contributed by atoms with Crippen molar-refractivity contribution in [2.75, 3.05) is 19.4 Å². The Balaban J connectivity index is 2.13. The van der Waals surface area contributed by atoms with Crippen LogP contribution in [0.2, 0.25) is 0 Å². The number of hydrogen-bond acceptors (Lipinski definition) is 3. The molecular weight excluding hydrogens is 200 g/mol. The van der Waals surface area contributed by atoms with E-state index in [1.54, 1.807) is 7.11 Å². The molecule has 0 spiro atoms. The topological polar surface area (TPSA) is 38.5 Å². The van der Waals surface area contributed by atoms with Crippen LogP contribution in [-0.2, 0) is 6.54 Å². The summed E-state index contributed by atoms with van der Waals surface area (Å²) in [4.78, 5) is 2.48. The molecule has 0 saturated carbocycles. The third-order valence-electron chi connectivity index (χ3n) is 3.41. The molecule has 88 valence electrons. The highest BCUT2D eigenvalue weighted by Gasteiger charge is 2.20. The summed E-state index contributed by atoms with van der Waals surface area (Å²) < 4.78 is 5.23. The number of likely N-dealkylation sites (tertiary alicyclic amines) is 1. The van der Waals surface area contributed by atoms with E-state index in [1.165, 1.54) is 24.9 Å². The number of nitrogens with two attached hydrogens (primary N) is 1. The second-order valence-corrected chi connectivity index (χ2v) is 4.53. The maximum Gasteiger partial charge on any atom is 0.119 e. The summed E-state index contributed by atoms with van der Waals surface area (Å²) in [5, 5.41) is 0. The van der Waals surface area contributed by atoms with Gasteiger partial charge in [-0.05, 0) is 50.1 Å². The Kier molecular flexibility index (Phi) is 3.34. The molecule has 1 atom stereocenters. The Morgan fingerprint density at radius 2 is 2.31 bits per heavy atom. The van der Waals surface area contributed by atoms with Crippen LogP contribution in [-0.4, -0.2) is 24.6 Å². The molecule has 1 saturated heterocycles. The zero-order valence-corrected chi connectivity index (χ0v) is 10.1. The van der Waals surface area contributed by atoms with E-state index < -0.39 is 0 Å². The van der Waals surface area contributed by atoms with Crippen LogP contribution in [0.3, 0.4) is 0 Å². The van der Waals surface area contributed by atoms with Crippen LogP contribution in [0.25, 0.3) is 0 Å². The van der Waals surface area contributed by atoms with E-state index in [0.717, 1.165) is 18.0 Å². The van der Waals surface area contributed by atoms with Gasteiger partial charge in [0.25, 0.3) is 0 Å². The number of benzene rings is 1. The first-order valence-electron chi connectivity index (χ1n) is 5.87. The van der Waals surface area contributed by atoms with Crippen molar-refractivity contribution in [3.05, 3.63) is 23.8 Å². The highest BCUT2D eigenvalue weighted by molar-refractivity contribution is 5.50. The van der Waals surface area contributed by atoms with Crippen LogP contribution in [0.5, 0.6) is 5.75 Å². The fourth-order valence-corrected chi connectivity index (χ4v) is 2.29. The van der Waals surface area contributed by atoms with Crippen LogP contribution in [0, 0.1) is 0 Å². The van der Waals surface area contributed by atoms with Gasteiger partial charge < -0.3 is 10.5 Å². The van der Waals surface area contributed by atoms with Crippen molar-refractivity contribution in [1.82, 2.24) is 4.90 Å². The molecule has 1 aliphatic heterocycles. The van der Waals surface area contributed by atoms with Crippen molar-refractivity contribution >= 4 is 5.69 Å². The summed E-state index contributed by atoms with van der Waals surface area (Å²) in [5.41, 5.74) is 8.02. The van der Waals surface area contributed by atoms with Gasteiger partial charge >= 0.3 is 0 Å². The van der Waals surface area contributed by atoms with Crippen molar-refractivity contribution in [2.45, 2.75) is 32.4 Å². The van der Waals surface area contributed by atoms with Crippen LogP contribution in [0.1, 0.15) is 25.3 Å². The Labute approximate surface area is 97.2 Å². The Morgan fingerprint density at radius 1 is 1.50 bits per heavy atom. The fourth-order valence-electron chi connectivity index (χ4n) is 2.29. The predicted molar refractivity (Wildman–Crippen MR) is 66.5 cm³/mol. The maximum atomic E-state index is 5.99. The smallest absolute Gasteiger partial charge is 0.119 e. The summed E-state index contributed by atoms with van der Waals surface area (Å²) in [6.07, 6.45) is 2.59. The van der Waals surface area contributed by atoms with Gasteiger partial charge in [-0.25, -0.2) is 0 Å². The molecule has 1 aromatic carbocycles. The van der Waals surface area contributed by atoms with Gasteiger partial charge in [-0.3, -0.25) is 4.90 Å². The molecule has 16 heavy (non-hydrogen) atoms. The van der Waals surface area contributed by atoms with E-state index in [9.17, 15) is 0 Å². The minimum absolute atomic E-state index is 0.672. The summed E-state index contributed by atoms with van der Waals surface area (Å²) in [5.74, 6) is 0.885. The van der Waals surface area contributed by atoms with Gasteiger partial charge in [-0.2, -0.15) is 0 Å². The first kappa shape index (κ1) is 11.3. The fraction of sp³-hybridized carbons (Fsp3) is 0.538. The summed E-state index contributed by atoms with van der Waals surface area (Å²) in [6, 6.07) is 6.55. The van der Waals surface area contributed by atoms with Gasteiger partial charge in [-0.1, -0.05) is 0 Å². The molecule has 0 bridgehead atoms. The molecule has 3 heteroatoms. The lowest BCUT2D eigenvalue weighted by atomic mass is 10.1. The van der Waals surface area contributed by atoms with E-state index in [-0.39, 0.29) is 0 Å². The van der Waals surface area contributed by atoms with E-state index in [4.69, 9.17) is 10.5 Å². The standard InChI is InChI=1S/C13H20N2O/c1-10-4-3-7-15(10)9-11-8-12(16-2)5-6-13(11)14/h5-6,8,10H,3-4,7,9,14H2,1-2H3. The monoisotopic (exact) mass is 220 g/mol. The SMILES string of the molecule is COc1ccc(N)c(CN2CCCC2C)c1. The molecule has 2 N–H and O–H groups in total. The molecule has 1 aromatic rings.